The average molecular weight is 362 g/mol. The Balaban J connectivity index is 2.23. The first-order valence-corrected chi connectivity index (χ1v) is 7.22. The van der Waals surface area contributed by atoms with Crippen molar-refractivity contribution in [1.29, 1.82) is 0 Å². The highest BCUT2D eigenvalue weighted by Gasteiger charge is 2.16. The number of hydrogen-bond donors (Lipinski definition) is 0. The van der Waals surface area contributed by atoms with Gasteiger partial charge in [-0.1, -0.05) is 39.7 Å². The molecule has 2 rings (SSSR count). The van der Waals surface area contributed by atoms with Crippen LogP contribution in [0.5, 0.6) is 5.75 Å². The molecule has 0 aliphatic rings. The molecule has 2 aromatic carbocycles. The summed E-state index contributed by atoms with van der Waals surface area (Å²) < 4.78 is 31.5. The van der Waals surface area contributed by atoms with E-state index in [0.29, 0.717) is 12.0 Å². The van der Waals surface area contributed by atoms with Crippen molar-refractivity contribution in [3.05, 3.63) is 64.2 Å². The first-order valence-electron chi connectivity index (χ1n) is 5.92. The van der Waals surface area contributed by atoms with Crippen molar-refractivity contribution in [2.45, 2.75) is 11.2 Å². The maximum absolute atomic E-state index is 13.3. The van der Waals surface area contributed by atoms with Crippen LogP contribution in [0, 0.1) is 11.6 Å². The molecule has 0 N–H and O–H groups in total. The molecule has 20 heavy (non-hydrogen) atoms. The van der Waals surface area contributed by atoms with Gasteiger partial charge < -0.3 is 4.74 Å². The van der Waals surface area contributed by atoms with Crippen molar-refractivity contribution >= 4 is 27.5 Å². The van der Waals surface area contributed by atoms with E-state index in [1.807, 2.05) is 24.3 Å². The lowest BCUT2D eigenvalue weighted by Gasteiger charge is -2.13. The number of benzene rings is 2. The van der Waals surface area contributed by atoms with Crippen LogP contribution in [0.15, 0.2) is 36.4 Å². The van der Waals surface area contributed by atoms with Crippen LogP contribution in [-0.2, 0) is 6.42 Å². The van der Waals surface area contributed by atoms with Gasteiger partial charge in [0, 0.05) is 9.85 Å². The van der Waals surface area contributed by atoms with Crippen LogP contribution in [0.1, 0.15) is 16.0 Å². The van der Waals surface area contributed by atoms with E-state index in [1.165, 1.54) is 0 Å². The molecule has 5 heteroatoms. The summed E-state index contributed by atoms with van der Waals surface area (Å²) in [6.45, 7) is 0. The van der Waals surface area contributed by atoms with Gasteiger partial charge in [0.2, 0.25) is 0 Å². The first-order chi connectivity index (χ1) is 9.51. The lowest BCUT2D eigenvalue weighted by molar-refractivity contribution is 0.414. The van der Waals surface area contributed by atoms with Crippen molar-refractivity contribution in [3.63, 3.8) is 0 Å². The summed E-state index contributed by atoms with van der Waals surface area (Å²) in [6.07, 6.45) is 0.585. The lowest BCUT2D eigenvalue weighted by Crippen LogP contribution is -1.99. The van der Waals surface area contributed by atoms with E-state index < -0.39 is 11.6 Å². The second-order valence-electron chi connectivity index (χ2n) is 4.31. The minimum absolute atomic E-state index is 0.202. The highest BCUT2D eigenvalue weighted by Crippen LogP contribution is 2.34. The summed E-state index contributed by atoms with van der Waals surface area (Å²) in [5.41, 5.74) is 1.53. The number of halogens is 4. The third kappa shape index (κ3) is 3.49. The molecule has 0 aliphatic heterocycles. The average Bonchev–Trinajstić information content (AvgIpc) is 2.43. The Morgan fingerprint density at radius 1 is 1.20 bits per heavy atom. The molecule has 0 spiro atoms. The Labute approximate surface area is 129 Å². The predicted octanol–water partition coefficient (Wildman–Crippen LogP) is 5.31. The van der Waals surface area contributed by atoms with Gasteiger partial charge in [0.15, 0.2) is 11.6 Å². The van der Waals surface area contributed by atoms with Gasteiger partial charge in [-0.25, -0.2) is 8.78 Å². The lowest BCUT2D eigenvalue weighted by atomic mass is 10.0. The predicted molar refractivity (Wildman–Crippen MR) is 79.7 cm³/mol. The maximum Gasteiger partial charge on any atom is 0.160 e. The molecule has 0 bridgehead atoms. The number of rotatable bonds is 4. The van der Waals surface area contributed by atoms with Crippen LogP contribution < -0.4 is 4.74 Å². The van der Waals surface area contributed by atoms with Gasteiger partial charge >= 0.3 is 0 Å². The second-order valence-corrected chi connectivity index (χ2v) is 5.82. The van der Waals surface area contributed by atoms with Gasteiger partial charge in [-0.3, -0.25) is 0 Å². The molecule has 0 saturated carbocycles. The Morgan fingerprint density at radius 3 is 2.60 bits per heavy atom. The highest BCUT2D eigenvalue weighted by atomic mass is 79.9. The molecule has 1 unspecified atom stereocenters. The van der Waals surface area contributed by atoms with Crippen LogP contribution in [0.2, 0.25) is 5.02 Å². The van der Waals surface area contributed by atoms with Crippen LogP contribution in [-0.4, -0.2) is 7.11 Å². The standard InChI is InChI=1S/C15H12BrClF2O/c1-20-10-4-2-3-9(5-10)6-12(16)11-7-14(18)15(19)8-13(11)17/h2-5,7-8,12H,6H2,1H3. The molecular formula is C15H12BrClF2O. The maximum atomic E-state index is 13.3. The molecule has 0 fully saturated rings. The molecule has 0 heterocycles. The second kappa shape index (κ2) is 6.55. The van der Waals surface area contributed by atoms with Crippen molar-refractivity contribution in [2.24, 2.45) is 0 Å². The fourth-order valence-electron chi connectivity index (χ4n) is 1.89. The molecular weight excluding hydrogens is 350 g/mol. The number of hydrogen-bond acceptors (Lipinski definition) is 1. The summed E-state index contributed by atoms with van der Waals surface area (Å²) in [6, 6.07) is 9.66. The third-order valence-electron chi connectivity index (χ3n) is 2.93. The van der Waals surface area contributed by atoms with E-state index in [2.05, 4.69) is 15.9 Å². The Kier molecular flexibility index (Phi) is 5.00. The monoisotopic (exact) mass is 360 g/mol. The van der Waals surface area contributed by atoms with Crippen LogP contribution >= 0.6 is 27.5 Å². The van der Waals surface area contributed by atoms with Gasteiger partial charge in [-0.15, -0.1) is 0 Å². The first kappa shape index (κ1) is 15.3. The zero-order valence-corrected chi connectivity index (χ0v) is 13.0. The SMILES string of the molecule is COc1cccc(CC(Br)c2cc(F)c(F)cc2Cl)c1. The summed E-state index contributed by atoms with van der Waals surface area (Å²) in [7, 11) is 1.59. The van der Waals surface area contributed by atoms with E-state index >= 15 is 0 Å². The smallest absolute Gasteiger partial charge is 0.160 e. The van der Waals surface area contributed by atoms with Gasteiger partial charge in [0.05, 0.1) is 7.11 Å². The summed E-state index contributed by atoms with van der Waals surface area (Å²) in [5.74, 6) is -1.10. The van der Waals surface area contributed by atoms with E-state index in [1.54, 1.807) is 7.11 Å². The fraction of sp³-hybridized carbons (Fsp3) is 0.200. The zero-order valence-electron chi connectivity index (χ0n) is 10.7. The van der Waals surface area contributed by atoms with Gasteiger partial charge in [-0.2, -0.15) is 0 Å². The number of methoxy groups -OCH3 is 1. The molecule has 2 aromatic rings. The number of alkyl halides is 1. The largest absolute Gasteiger partial charge is 0.497 e. The van der Waals surface area contributed by atoms with Crippen LogP contribution in [0.25, 0.3) is 0 Å². The normalized spacial score (nSPS) is 12.2. The Bertz CT molecular complexity index is 619. The zero-order chi connectivity index (χ0) is 14.7. The third-order valence-corrected chi connectivity index (χ3v) is 4.07. The van der Waals surface area contributed by atoms with E-state index in [9.17, 15) is 8.78 Å². The van der Waals surface area contributed by atoms with Gasteiger partial charge in [-0.05, 0) is 41.8 Å². The minimum atomic E-state index is -0.945. The summed E-state index contributed by atoms with van der Waals surface area (Å²) in [5, 5.41) is 0.202. The molecule has 0 amide bonds. The summed E-state index contributed by atoms with van der Waals surface area (Å²) >= 11 is 9.42. The van der Waals surface area contributed by atoms with Gasteiger partial charge in [0.1, 0.15) is 5.75 Å². The Hall–Kier alpha value is -1.13. The van der Waals surface area contributed by atoms with Crippen molar-refractivity contribution in [3.8, 4) is 5.75 Å². The quantitative estimate of drug-likeness (QED) is 0.530. The molecule has 1 nitrogen and oxygen atoms in total. The van der Waals surface area contributed by atoms with E-state index in [-0.39, 0.29) is 9.85 Å². The Morgan fingerprint density at radius 2 is 1.90 bits per heavy atom. The molecule has 0 saturated heterocycles. The molecule has 0 aliphatic carbocycles. The van der Waals surface area contributed by atoms with Crippen LogP contribution in [0.4, 0.5) is 8.78 Å². The minimum Gasteiger partial charge on any atom is -0.497 e. The van der Waals surface area contributed by atoms with Crippen molar-refractivity contribution in [2.75, 3.05) is 7.11 Å². The van der Waals surface area contributed by atoms with E-state index in [4.69, 9.17) is 16.3 Å². The fourth-order valence-corrected chi connectivity index (χ4v) is 3.06. The van der Waals surface area contributed by atoms with Crippen molar-refractivity contribution < 1.29 is 13.5 Å². The molecule has 106 valence electrons. The summed E-state index contributed by atoms with van der Waals surface area (Å²) in [4.78, 5) is -0.211. The van der Waals surface area contributed by atoms with E-state index in [0.717, 1.165) is 23.4 Å². The topological polar surface area (TPSA) is 9.23 Å². The number of ether oxygens (including phenoxy) is 1. The van der Waals surface area contributed by atoms with Crippen LogP contribution in [0.3, 0.4) is 0 Å². The molecule has 1 atom stereocenters. The van der Waals surface area contributed by atoms with Crippen molar-refractivity contribution in [1.82, 2.24) is 0 Å². The van der Waals surface area contributed by atoms with Gasteiger partial charge in [0.25, 0.3) is 0 Å². The molecule has 0 radical (unpaired) electrons. The highest BCUT2D eigenvalue weighted by molar-refractivity contribution is 9.09. The molecule has 0 aromatic heterocycles.